The molecule has 19 heavy (non-hydrogen) atoms. The first kappa shape index (κ1) is 15.9. The number of alkyl halides is 4. The number of nitrogens with one attached hydrogen (secondary N) is 2. The fourth-order valence-corrected chi connectivity index (χ4v) is 2.72. The van der Waals surface area contributed by atoms with Gasteiger partial charge in [0.25, 0.3) is 0 Å². The van der Waals surface area contributed by atoms with Crippen molar-refractivity contribution in [3.05, 3.63) is 11.4 Å². The number of aromatic amines is 1. The highest BCUT2D eigenvalue weighted by molar-refractivity contribution is 7.89. The molecule has 0 spiro atoms. The smallest absolute Gasteiger partial charge is 0.320 e. The first-order valence-electron chi connectivity index (χ1n) is 5.01. The van der Waals surface area contributed by atoms with Crippen LogP contribution < -0.4 is 10.5 Å². The van der Waals surface area contributed by atoms with Crippen molar-refractivity contribution in [3.63, 3.8) is 0 Å². The van der Waals surface area contributed by atoms with Crippen molar-refractivity contribution < 1.29 is 26.0 Å². The van der Waals surface area contributed by atoms with Gasteiger partial charge in [-0.1, -0.05) is 0 Å². The van der Waals surface area contributed by atoms with Crippen molar-refractivity contribution in [1.29, 1.82) is 0 Å². The van der Waals surface area contributed by atoms with Gasteiger partial charge in [-0.3, -0.25) is 5.10 Å². The highest BCUT2D eigenvalue weighted by Gasteiger charge is 2.42. The molecule has 1 aromatic rings. The number of aromatic nitrogens is 2. The van der Waals surface area contributed by atoms with E-state index in [4.69, 9.17) is 5.73 Å². The van der Waals surface area contributed by atoms with E-state index in [1.165, 1.54) is 11.6 Å². The number of halogens is 4. The molecular weight excluding hydrogens is 292 g/mol. The third-order valence-corrected chi connectivity index (χ3v) is 3.84. The summed E-state index contributed by atoms with van der Waals surface area (Å²) in [6.45, 7) is -0.612. The lowest BCUT2D eigenvalue weighted by molar-refractivity contribution is -0.122. The SMILES string of the molecule is Cc1[nH]nc(CN)c1S(=O)(=O)NCC(F)(F)C(F)F. The maximum atomic E-state index is 12.7. The fraction of sp³-hybridized carbons (Fsp3) is 0.625. The van der Waals surface area contributed by atoms with E-state index in [2.05, 4.69) is 10.2 Å². The number of hydrogen-bond donors (Lipinski definition) is 3. The summed E-state index contributed by atoms with van der Waals surface area (Å²) in [7, 11) is -4.39. The van der Waals surface area contributed by atoms with Gasteiger partial charge in [-0.15, -0.1) is 0 Å². The molecule has 0 saturated heterocycles. The largest absolute Gasteiger partial charge is 0.325 e. The molecule has 11 heteroatoms. The summed E-state index contributed by atoms with van der Waals surface area (Å²) in [6, 6.07) is 0. The second-order valence-corrected chi connectivity index (χ2v) is 5.42. The van der Waals surface area contributed by atoms with Crippen molar-refractivity contribution in [2.24, 2.45) is 5.73 Å². The highest BCUT2D eigenvalue weighted by Crippen LogP contribution is 2.23. The van der Waals surface area contributed by atoms with Crippen LogP contribution in [0.1, 0.15) is 11.4 Å². The maximum Gasteiger partial charge on any atom is 0.320 e. The summed E-state index contributed by atoms with van der Waals surface area (Å²) in [5.74, 6) is -4.45. The quantitative estimate of drug-likeness (QED) is 0.660. The van der Waals surface area contributed by atoms with Gasteiger partial charge in [-0.25, -0.2) is 21.9 Å². The number of sulfonamides is 1. The molecule has 1 heterocycles. The topological polar surface area (TPSA) is 101 Å². The Hall–Kier alpha value is -1.20. The molecule has 0 fully saturated rings. The molecule has 4 N–H and O–H groups in total. The molecule has 6 nitrogen and oxygen atoms in total. The molecular formula is C8H12F4N4O2S. The van der Waals surface area contributed by atoms with Gasteiger partial charge in [-0.2, -0.15) is 13.9 Å². The number of aryl methyl sites for hydroxylation is 1. The minimum atomic E-state index is -4.45. The number of nitrogens with two attached hydrogens (primary N) is 1. The van der Waals surface area contributed by atoms with Crippen molar-refractivity contribution >= 4 is 10.0 Å². The van der Waals surface area contributed by atoms with Crippen molar-refractivity contribution in [2.45, 2.75) is 30.7 Å². The number of nitrogens with zero attached hydrogens (tertiary/aromatic N) is 1. The predicted molar refractivity (Wildman–Crippen MR) is 57.4 cm³/mol. The zero-order chi connectivity index (χ0) is 14.8. The van der Waals surface area contributed by atoms with Crippen LogP contribution in [0.3, 0.4) is 0 Å². The highest BCUT2D eigenvalue weighted by atomic mass is 32.2. The lowest BCUT2D eigenvalue weighted by Gasteiger charge is -2.16. The van der Waals surface area contributed by atoms with Gasteiger partial charge in [0.1, 0.15) is 4.90 Å². The van der Waals surface area contributed by atoms with Crippen LogP contribution in [0.15, 0.2) is 4.90 Å². The van der Waals surface area contributed by atoms with Crippen molar-refractivity contribution in [3.8, 4) is 0 Å². The van der Waals surface area contributed by atoms with Crippen LogP contribution in [-0.4, -0.2) is 37.5 Å². The lowest BCUT2D eigenvalue weighted by Crippen LogP contribution is -2.41. The van der Waals surface area contributed by atoms with E-state index in [0.717, 1.165) is 0 Å². The Morgan fingerprint density at radius 2 is 2.05 bits per heavy atom. The molecule has 0 amide bonds. The predicted octanol–water partition coefficient (Wildman–Crippen LogP) is 0.356. The van der Waals surface area contributed by atoms with Crippen LogP contribution in [0.4, 0.5) is 17.6 Å². The Kier molecular flexibility index (Phi) is 4.53. The van der Waals surface area contributed by atoms with Crippen LogP contribution >= 0.6 is 0 Å². The van der Waals surface area contributed by atoms with Gasteiger partial charge in [0.15, 0.2) is 0 Å². The molecule has 0 radical (unpaired) electrons. The molecule has 1 aromatic heterocycles. The van der Waals surface area contributed by atoms with Gasteiger partial charge in [-0.05, 0) is 6.92 Å². The van der Waals surface area contributed by atoms with Crippen LogP contribution in [0.25, 0.3) is 0 Å². The Balaban J connectivity index is 2.97. The van der Waals surface area contributed by atoms with Crippen LogP contribution in [0.2, 0.25) is 0 Å². The summed E-state index contributed by atoms with van der Waals surface area (Å²) >= 11 is 0. The number of hydrogen-bond acceptors (Lipinski definition) is 4. The van der Waals surface area contributed by atoms with Crippen molar-refractivity contribution in [2.75, 3.05) is 6.54 Å². The van der Waals surface area contributed by atoms with E-state index in [9.17, 15) is 26.0 Å². The zero-order valence-corrected chi connectivity index (χ0v) is 10.6. The summed E-state index contributed by atoms with van der Waals surface area (Å²) in [5.41, 5.74) is 5.26. The van der Waals surface area contributed by atoms with E-state index in [0.29, 0.717) is 0 Å². The first-order chi connectivity index (χ1) is 8.62. The minimum absolute atomic E-state index is 0.0645. The van der Waals surface area contributed by atoms with Crippen LogP contribution in [-0.2, 0) is 16.6 Å². The molecule has 1 rings (SSSR count). The number of H-pyrrole nitrogens is 1. The van der Waals surface area contributed by atoms with Gasteiger partial charge in [0.05, 0.1) is 17.9 Å². The summed E-state index contributed by atoms with van der Waals surface area (Å²) in [5, 5.41) is 5.90. The lowest BCUT2D eigenvalue weighted by atomic mass is 10.4. The average Bonchev–Trinajstić information content (AvgIpc) is 2.68. The standard InChI is InChI=1S/C8H12F4N4O2S/c1-4-6(5(2-13)16-15-4)19(17,18)14-3-8(11,12)7(9)10/h7,14H,2-3,13H2,1H3,(H,15,16). The van der Waals surface area contributed by atoms with Gasteiger partial charge in [0, 0.05) is 6.54 Å². The summed E-state index contributed by atoms with van der Waals surface area (Å²) < 4.78 is 74.2. The summed E-state index contributed by atoms with van der Waals surface area (Å²) in [6.07, 6.45) is -3.96. The molecule has 0 bridgehead atoms. The van der Waals surface area contributed by atoms with Crippen LogP contribution in [0.5, 0.6) is 0 Å². The third kappa shape index (κ3) is 3.42. The Labute approximate surface area is 106 Å². The van der Waals surface area contributed by atoms with Crippen LogP contribution in [0, 0.1) is 6.92 Å². The first-order valence-corrected chi connectivity index (χ1v) is 6.49. The molecule has 0 aromatic carbocycles. The van der Waals surface area contributed by atoms with E-state index < -0.39 is 33.8 Å². The van der Waals surface area contributed by atoms with E-state index in [1.807, 2.05) is 0 Å². The number of rotatable bonds is 6. The van der Waals surface area contributed by atoms with E-state index >= 15 is 0 Å². The van der Waals surface area contributed by atoms with Crippen molar-refractivity contribution in [1.82, 2.24) is 14.9 Å². The zero-order valence-electron chi connectivity index (χ0n) is 9.75. The Morgan fingerprint density at radius 1 is 1.47 bits per heavy atom. The van der Waals surface area contributed by atoms with Gasteiger partial charge >= 0.3 is 12.3 Å². The second kappa shape index (κ2) is 5.43. The molecule has 0 unspecified atom stereocenters. The summed E-state index contributed by atoms with van der Waals surface area (Å²) in [4.78, 5) is -0.403. The molecule has 0 aliphatic carbocycles. The van der Waals surface area contributed by atoms with E-state index in [1.54, 1.807) is 0 Å². The normalized spacial score (nSPS) is 13.2. The maximum absolute atomic E-state index is 12.7. The Bertz CT molecular complexity index is 543. The third-order valence-electron chi connectivity index (χ3n) is 2.24. The Morgan fingerprint density at radius 3 is 2.53 bits per heavy atom. The molecule has 110 valence electrons. The van der Waals surface area contributed by atoms with Gasteiger partial charge < -0.3 is 5.73 Å². The minimum Gasteiger partial charge on any atom is -0.325 e. The molecule has 0 saturated carbocycles. The average molecular weight is 304 g/mol. The molecule has 0 aliphatic rings. The molecule has 0 atom stereocenters. The van der Waals surface area contributed by atoms with Gasteiger partial charge in [0.2, 0.25) is 10.0 Å². The monoisotopic (exact) mass is 304 g/mol. The van der Waals surface area contributed by atoms with E-state index in [-0.39, 0.29) is 17.9 Å². The second-order valence-electron chi connectivity index (χ2n) is 3.71. The fourth-order valence-electron chi connectivity index (χ4n) is 1.30. The molecule has 0 aliphatic heterocycles.